The maximum atomic E-state index is 13.3. The monoisotopic (exact) mass is 474 g/mol. The van der Waals surface area contributed by atoms with Crippen LogP contribution in [-0.2, 0) is 16.1 Å². The predicted octanol–water partition coefficient (Wildman–Crippen LogP) is 4.22. The Labute approximate surface area is 203 Å². The van der Waals surface area contributed by atoms with Gasteiger partial charge in [0.1, 0.15) is 0 Å². The van der Waals surface area contributed by atoms with Gasteiger partial charge in [0.05, 0.1) is 39.4 Å². The van der Waals surface area contributed by atoms with E-state index in [1.807, 2.05) is 24.3 Å². The second kappa shape index (κ2) is 10.3. The first kappa shape index (κ1) is 23.8. The molecule has 0 radical (unpaired) electrons. The summed E-state index contributed by atoms with van der Waals surface area (Å²) in [6.45, 7) is 0.398. The summed E-state index contributed by atoms with van der Waals surface area (Å²) in [5.74, 6) is 0.206. The van der Waals surface area contributed by atoms with Crippen molar-refractivity contribution in [2.45, 2.75) is 19.0 Å². The van der Waals surface area contributed by atoms with Gasteiger partial charge in [-0.25, -0.2) is 4.79 Å². The molecule has 1 heterocycles. The van der Waals surface area contributed by atoms with E-state index in [-0.39, 0.29) is 18.2 Å². The van der Waals surface area contributed by atoms with Crippen molar-refractivity contribution in [3.8, 4) is 11.5 Å². The Hall–Kier alpha value is -4.33. The van der Waals surface area contributed by atoms with E-state index < -0.39 is 12.0 Å². The normalized spacial score (nSPS) is 13.1. The van der Waals surface area contributed by atoms with Gasteiger partial charge in [0.25, 0.3) is 5.91 Å². The van der Waals surface area contributed by atoms with Crippen molar-refractivity contribution in [3.05, 3.63) is 89.0 Å². The molecule has 1 unspecified atom stereocenters. The zero-order chi connectivity index (χ0) is 24.9. The molecular formula is C27H26N2O6. The molecule has 35 heavy (non-hydrogen) atoms. The van der Waals surface area contributed by atoms with E-state index in [9.17, 15) is 14.4 Å². The molecule has 2 amide bonds. The van der Waals surface area contributed by atoms with E-state index in [1.165, 1.54) is 14.2 Å². The Kier molecular flexibility index (Phi) is 7.01. The number of amides is 2. The Morgan fingerprint density at radius 1 is 0.943 bits per heavy atom. The molecule has 1 aliphatic rings. The molecule has 4 rings (SSSR count). The van der Waals surface area contributed by atoms with Crippen molar-refractivity contribution in [3.63, 3.8) is 0 Å². The van der Waals surface area contributed by atoms with E-state index in [4.69, 9.17) is 14.2 Å². The largest absolute Gasteiger partial charge is 0.493 e. The van der Waals surface area contributed by atoms with Gasteiger partial charge in [-0.05, 0) is 53.6 Å². The summed E-state index contributed by atoms with van der Waals surface area (Å²) in [6.07, 6.45) is 0.0218. The Bertz CT molecular complexity index is 1250. The predicted molar refractivity (Wildman–Crippen MR) is 130 cm³/mol. The molecule has 8 nitrogen and oxygen atoms in total. The molecule has 0 bridgehead atoms. The third-order valence-corrected chi connectivity index (χ3v) is 5.99. The van der Waals surface area contributed by atoms with E-state index in [1.54, 1.807) is 54.5 Å². The Balaban J connectivity index is 1.60. The highest BCUT2D eigenvalue weighted by molar-refractivity contribution is 5.99. The van der Waals surface area contributed by atoms with Crippen molar-refractivity contribution < 1.29 is 28.6 Å². The molecule has 8 heteroatoms. The van der Waals surface area contributed by atoms with Gasteiger partial charge in [0, 0.05) is 17.8 Å². The van der Waals surface area contributed by atoms with E-state index in [2.05, 4.69) is 5.32 Å². The van der Waals surface area contributed by atoms with Crippen LogP contribution in [-0.4, -0.2) is 44.0 Å². The van der Waals surface area contributed by atoms with Gasteiger partial charge in [0.15, 0.2) is 11.5 Å². The summed E-state index contributed by atoms with van der Waals surface area (Å²) in [5, 5.41) is 2.85. The van der Waals surface area contributed by atoms with Crippen molar-refractivity contribution in [2.75, 3.05) is 26.6 Å². The molecular weight excluding hydrogens is 448 g/mol. The van der Waals surface area contributed by atoms with Crippen LogP contribution in [0.5, 0.6) is 11.5 Å². The fraction of sp³-hybridized carbons (Fsp3) is 0.222. The second-order valence-electron chi connectivity index (χ2n) is 8.04. The van der Waals surface area contributed by atoms with Gasteiger partial charge >= 0.3 is 5.97 Å². The summed E-state index contributed by atoms with van der Waals surface area (Å²) in [5.41, 5.74) is 3.22. The molecule has 1 aliphatic heterocycles. The van der Waals surface area contributed by atoms with Gasteiger partial charge in [-0.3, -0.25) is 9.59 Å². The average Bonchev–Trinajstić information content (AvgIpc) is 3.23. The van der Waals surface area contributed by atoms with Crippen LogP contribution >= 0.6 is 0 Å². The average molecular weight is 475 g/mol. The zero-order valence-corrected chi connectivity index (χ0v) is 19.7. The fourth-order valence-electron chi connectivity index (χ4n) is 4.19. The topological polar surface area (TPSA) is 94.2 Å². The van der Waals surface area contributed by atoms with Crippen LogP contribution in [0.3, 0.4) is 0 Å². The Morgan fingerprint density at radius 3 is 2.31 bits per heavy atom. The van der Waals surface area contributed by atoms with Crippen LogP contribution in [0.4, 0.5) is 5.69 Å². The lowest BCUT2D eigenvalue weighted by molar-refractivity contribution is -0.117. The minimum absolute atomic E-state index is 0.0218. The number of carbonyl (C=O) groups is 3. The van der Waals surface area contributed by atoms with Crippen LogP contribution in [0.2, 0.25) is 0 Å². The van der Waals surface area contributed by atoms with Crippen molar-refractivity contribution in [2.24, 2.45) is 0 Å². The lowest BCUT2D eigenvalue weighted by Gasteiger charge is -2.28. The number of hydrogen-bond donors (Lipinski definition) is 1. The van der Waals surface area contributed by atoms with Crippen molar-refractivity contribution in [1.82, 2.24) is 4.90 Å². The van der Waals surface area contributed by atoms with Gasteiger partial charge < -0.3 is 24.4 Å². The number of esters is 1. The lowest BCUT2D eigenvalue weighted by Crippen LogP contribution is -2.32. The summed E-state index contributed by atoms with van der Waals surface area (Å²) in [7, 11) is 4.40. The molecule has 3 aromatic rings. The van der Waals surface area contributed by atoms with Gasteiger partial charge in [0.2, 0.25) is 5.91 Å². The standard InChI is InChI=1S/C27H26N2O6/c1-33-23-13-10-18(14-24(23)34-2)22(29-16-19-6-4-5-7-21(19)26(29)31)15-25(30)28-20-11-8-17(9-12-20)27(32)35-3/h4-14,22H,15-16H2,1-3H3,(H,28,30). The third kappa shape index (κ3) is 4.96. The highest BCUT2D eigenvalue weighted by Gasteiger charge is 2.34. The smallest absolute Gasteiger partial charge is 0.337 e. The molecule has 0 saturated carbocycles. The molecule has 0 fully saturated rings. The van der Waals surface area contributed by atoms with E-state index in [0.29, 0.717) is 34.9 Å². The van der Waals surface area contributed by atoms with Gasteiger partial charge in [-0.15, -0.1) is 0 Å². The number of carbonyl (C=O) groups excluding carboxylic acids is 3. The highest BCUT2D eigenvalue weighted by atomic mass is 16.5. The lowest BCUT2D eigenvalue weighted by atomic mass is 10.0. The number of fused-ring (bicyclic) bond motifs is 1. The van der Waals surface area contributed by atoms with Crippen LogP contribution in [0, 0.1) is 0 Å². The van der Waals surface area contributed by atoms with Gasteiger partial charge in [-0.1, -0.05) is 24.3 Å². The molecule has 0 spiro atoms. The number of hydrogen-bond acceptors (Lipinski definition) is 6. The first-order valence-corrected chi connectivity index (χ1v) is 11.0. The number of nitrogens with zero attached hydrogens (tertiary/aromatic N) is 1. The number of nitrogens with one attached hydrogen (secondary N) is 1. The quantitative estimate of drug-likeness (QED) is 0.492. The zero-order valence-electron chi connectivity index (χ0n) is 19.7. The highest BCUT2D eigenvalue weighted by Crippen LogP contribution is 2.37. The summed E-state index contributed by atoms with van der Waals surface area (Å²) in [4.78, 5) is 39.7. The molecule has 3 aromatic carbocycles. The third-order valence-electron chi connectivity index (χ3n) is 5.99. The van der Waals surface area contributed by atoms with Crippen molar-refractivity contribution in [1.29, 1.82) is 0 Å². The summed E-state index contributed by atoms with van der Waals surface area (Å²) < 4.78 is 15.5. The molecule has 0 aliphatic carbocycles. The second-order valence-corrected chi connectivity index (χ2v) is 8.04. The fourth-order valence-corrected chi connectivity index (χ4v) is 4.19. The first-order chi connectivity index (χ1) is 16.9. The summed E-state index contributed by atoms with van der Waals surface area (Å²) in [6, 6.07) is 18.7. The van der Waals surface area contributed by atoms with Crippen LogP contribution < -0.4 is 14.8 Å². The van der Waals surface area contributed by atoms with E-state index >= 15 is 0 Å². The SMILES string of the molecule is COC(=O)c1ccc(NC(=O)CC(c2ccc(OC)c(OC)c2)N2Cc3ccccc3C2=O)cc1. The minimum Gasteiger partial charge on any atom is -0.493 e. The van der Waals surface area contributed by atoms with Crippen LogP contribution in [0.25, 0.3) is 0 Å². The summed E-state index contributed by atoms with van der Waals surface area (Å²) >= 11 is 0. The molecule has 0 saturated heterocycles. The number of rotatable bonds is 8. The first-order valence-electron chi connectivity index (χ1n) is 11.0. The molecule has 180 valence electrons. The maximum Gasteiger partial charge on any atom is 0.337 e. The van der Waals surface area contributed by atoms with E-state index in [0.717, 1.165) is 11.1 Å². The minimum atomic E-state index is -0.538. The number of ether oxygens (including phenoxy) is 3. The number of anilines is 1. The number of methoxy groups -OCH3 is 3. The van der Waals surface area contributed by atoms with Gasteiger partial charge in [-0.2, -0.15) is 0 Å². The molecule has 1 atom stereocenters. The maximum absolute atomic E-state index is 13.3. The molecule has 0 aromatic heterocycles. The number of benzene rings is 3. The Morgan fingerprint density at radius 2 is 1.66 bits per heavy atom. The molecule has 1 N–H and O–H groups in total. The van der Waals surface area contributed by atoms with Crippen LogP contribution in [0.1, 0.15) is 44.3 Å². The van der Waals surface area contributed by atoms with Crippen molar-refractivity contribution >= 4 is 23.5 Å². The van der Waals surface area contributed by atoms with Crippen LogP contribution in [0.15, 0.2) is 66.7 Å².